The average Bonchev–Trinajstić information content (AvgIpc) is 2.64. The standard InChI is InChI=1S/C20H17NO5S/c1-3-25-19(23)14-16(22)13-10-9-11-7-5-6-8-12(11)15(13)21-17(14)27-18(21)20(24)26-4-2/h5-10,18H,3-4H2,1-2H3. The van der Waals surface area contributed by atoms with Crippen molar-refractivity contribution in [2.45, 2.75) is 24.2 Å². The van der Waals surface area contributed by atoms with E-state index in [1.54, 1.807) is 24.5 Å². The molecule has 3 aromatic rings. The molecule has 27 heavy (non-hydrogen) atoms. The van der Waals surface area contributed by atoms with Crippen molar-refractivity contribution in [1.82, 2.24) is 4.57 Å². The molecule has 1 aromatic heterocycles. The van der Waals surface area contributed by atoms with E-state index < -0.39 is 17.3 Å². The normalized spacial score (nSPS) is 15.3. The topological polar surface area (TPSA) is 74.6 Å². The number of rotatable bonds is 4. The number of aromatic nitrogens is 1. The van der Waals surface area contributed by atoms with Crippen molar-refractivity contribution < 1.29 is 19.1 Å². The van der Waals surface area contributed by atoms with E-state index >= 15 is 0 Å². The van der Waals surface area contributed by atoms with Crippen molar-refractivity contribution in [2.24, 2.45) is 0 Å². The van der Waals surface area contributed by atoms with Gasteiger partial charge in [-0.05, 0) is 25.3 Å². The Kier molecular flexibility index (Phi) is 4.39. The minimum atomic E-state index is -0.670. The fourth-order valence-electron chi connectivity index (χ4n) is 3.35. The van der Waals surface area contributed by atoms with Crippen LogP contribution in [0.5, 0.6) is 0 Å². The zero-order valence-corrected chi connectivity index (χ0v) is 15.7. The SMILES string of the molecule is CCOC(=O)c1c2n(c3c(ccc4ccccc43)c1=O)C(C(=O)OCC)S2. The smallest absolute Gasteiger partial charge is 0.344 e. The average molecular weight is 383 g/mol. The molecule has 0 fully saturated rings. The first-order chi connectivity index (χ1) is 13.1. The molecule has 1 aliphatic heterocycles. The number of hydrogen-bond acceptors (Lipinski definition) is 6. The Hall–Kier alpha value is -2.80. The summed E-state index contributed by atoms with van der Waals surface area (Å²) in [6.45, 7) is 3.85. The van der Waals surface area contributed by atoms with Gasteiger partial charge >= 0.3 is 11.9 Å². The van der Waals surface area contributed by atoms with E-state index in [9.17, 15) is 14.4 Å². The molecule has 0 N–H and O–H groups in total. The molecule has 0 radical (unpaired) electrons. The van der Waals surface area contributed by atoms with E-state index in [1.807, 2.05) is 30.3 Å². The first kappa shape index (κ1) is 17.6. The maximum absolute atomic E-state index is 13.1. The second-order valence-corrected chi connectivity index (χ2v) is 7.07. The third-order valence-corrected chi connectivity index (χ3v) is 5.72. The molecule has 0 amide bonds. The maximum Gasteiger partial charge on any atom is 0.344 e. The molecule has 0 saturated heterocycles. The van der Waals surface area contributed by atoms with Crippen molar-refractivity contribution in [3.05, 3.63) is 52.2 Å². The van der Waals surface area contributed by atoms with Crippen molar-refractivity contribution in [3.63, 3.8) is 0 Å². The third kappa shape index (κ3) is 2.61. The summed E-state index contributed by atoms with van der Waals surface area (Å²) in [4.78, 5) is 37.9. The number of carbonyl (C=O) groups is 2. The Bertz CT molecular complexity index is 1150. The molecule has 7 heteroatoms. The number of hydrogen-bond donors (Lipinski definition) is 0. The van der Waals surface area contributed by atoms with Crippen LogP contribution in [-0.2, 0) is 14.3 Å². The van der Waals surface area contributed by atoms with Gasteiger partial charge in [0.1, 0.15) is 5.56 Å². The highest BCUT2D eigenvalue weighted by Crippen LogP contribution is 2.48. The predicted molar refractivity (Wildman–Crippen MR) is 103 cm³/mol. The second-order valence-electron chi connectivity index (χ2n) is 6.00. The Morgan fingerprint density at radius 3 is 2.52 bits per heavy atom. The van der Waals surface area contributed by atoms with Gasteiger partial charge in [0.2, 0.25) is 5.43 Å². The lowest BCUT2D eigenvalue weighted by Gasteiger charge is -2.33. The fourth-order valence-corrected chi connectivity index (χ4v) is 4.49. The lowest BCUT2D eigenvalue weighted by Crippen LogP contribution is -2.34. The highest BCUT2D eigenvalue weighted by molar-refractivity contribution is 8.01. The predicted octanol–water partition coefficient (Wildman–Crippen LogP) is 3.50. The summed E-state index contributed by atoms with van der Waals surface area (Å²) in [6.07, 6.45) is 0. The first-order valence-electron chi connectivity index (χ1n) is 8.68. The molecule has 1 aliphatic rings. The van der Waals surface area contributed by atoms with Gasteiger partial charge in [0.05, 0.1) is 23.8 Å². The van der Waals surface area contributed by atoms with Crippen LogP contribution >= 0.6 is 11.8 Å². The Labute approximate surface area is 159 Å². The van der Waals surface area contributed by atoms with Crippen LogP contribution in [0, 0.1) is 0 Å². The van der Waals surface area contributed by atoms with E-state index in [2.05, 4.69) is 0 Å². The van der Waals surface area contributed by atoms with Crippen molar-refractivity contribution in [2.75, 3.05) is 13.2 Å². The summed E-state index contributed by atoms with van der Waals surface area (Å²) < 4.78 is 12.0. The van der Waals surface area contributed by atoms with Gasteiger partial charge in [0.15, 0.2) is 5.37 Å². The van der Waals surface area contributed by atoms with Gasteiger partial charge in [0, 0.05) is 10.8 Å². The van der Waals surface area contributed by atoms with E-state index in [0.29, 0.717) is 15.9 Å². The highest BCUT2D eigenvalue weighted by atomic mass is 32.2. The van der Waals surface area contributed by atoms with Crippen LogP contribution < -0.4 is 5.43 Å². The lowest BCUT2D eigenvalue weighted by atomic mass is 10.0. The highest BCUT2D eigenvalue weighted by Gasteiger charge is 2.40. The van der Waals surface area contributed by atoms with Crippen LogP contribution in [0.3, 0.4) is 0 Å². The monoisotopic (exact) mass is 383 g/mol. The molecule has 2 aromatic carbocycles. The summed E-state index contributed by atoms with van der Waals surface area (Å²) in [5.41, 5.74) is 0.235. The van der Waals surface area contributed by atoms with Gasteiger partial charge in [-0.25, -0.2) is 9.59 Å². The second kappa shape index (κ2) is 6.74. The van der Waals surface area contributed by atoms with Crippen LogP contribution in [0.1, 0.15) is 29.6 Å². The molecule has 0 spiro atoms. The zero-order valence-electron chi connectivity index (χ0n) is 14.9. The van der Waals surface area contributed by atoms with Crippen molar-refractivity contribution in [3.8, 4) is 0 Å². The molecular formula is C20H17NO5S. The molecule has 4 rings (SSSR count). The van der Waals surface area contributed by atoms with Crippen LogP contribution in [0.2, 0.25) is 0 Å². The van der Waals surface area contributed by atoms with E-state index in [0.717, 1.165) is 22.5 Å². The minimum absolute atomic E-state index is 0.0230. The summed E-state index contributed by atoms with van der Waals surface area (Å²) in [6, 6.07) is 11.2. The van der Waals surface area contributed by atoms with E-state index in [-0.39, 0.29) is 24.2 Å². The molecule has 0 aliphatic carbocycles. The third-order valence-electron chi connectivity index (χ3n) is 4.47. The molecule has 138 valence electrons. The minimum Gasteiger partial charge on any atom is -0.464 e. The van der Waals surface area contributed by atoms with Crippen LogP contribution in [-0.4, -0.2) is 29.7 Å². The van der Waals surface area contributed by atoms with Gasteiger partial charge in [0.25, 0.3) is 0 Å². The summed E-state index contributed by atoms with van der Waals surface area (Å²) in [7, 11) is 0. The number of benzene rings is 2. The molecular weight excluding hydrogens is 366 g/mol. The quantitative estimate of drug-likeness (QED) is 0.507. The van der Waals surface area contributed by atoms with Gasteiger partial charge in [-0.2, -0.15) is 0 Å². The van der Waals surface area contributed by atoms with E-state index in [4.69, 9.17) is 9.47 Å². The number of carbonyl (C=O) groups excluding carboxylic acids is 2. The van der Waals surface area contributed by atoms with Crippen LogP contribution in [0.25, 0.3) is 21.7 Å². The summed E-state index contributed by atoms with van der Waals surface area (Å²) in [5.74, 6) is -1.07. The number of esters is 2. The molecule has 1 unspecified atom stereocenters. The maximum atomic E-state index is 13.1. The fraction of sp³-hybridized carbons (Fsp3) is 0.250. The lowest BCUT2D eigenvalue weighted by molar-refractivity contribution is -0.144. The Balaban J connectivity index is 2.08. The van der Waals surface area contributed by atoms with E-state index in [1.165, 1.54) is 0 Å². The number of fused-ring (bicyclic) bond motifs is 5. The van der Waals surface area contributed by atoms with Crippen LogP contribution in [0.15, 0.2) is 46.2 Å². The molecule has 1 atom stereocenters. The largest absolute Gasteiger partial charge is 0.464 e. The van der Waals surface area contributed by atoms with Gasteiger partial charge in [-0.15, -0.1) is 0 Å². The van der Waals surface area contributed by atoms with Gasteiger partial charge in [-0.1, -0.05) is 42.1 Å². The van der Waals surface area contributed by atoms with Gasteiger partial charge < -0.3 is 14.0 Å². The molecule has 2 heterocycles. The van der Waals surface area contributed by atoms with Crippen LogP contribution in [0.4, 0.5) is 0 Å². The zero-order chi connectivity index (χ0) is 19.1. The first-order valence-corrected chi connectivity index (χ1v) is 9.56. The molecule has 0 saturated carbocycles. The Morgan fingerprint density at radius 1 is 1.04 bits per heavy atom. The molecule has 0 bridgehead atoms. The van der Waals surface area contributed by atoms with Crippen molar-refractivity contribution in [1.29, 1.82) is 0 Å². The summed E-state index contributed by atoms with van der Waals surface area (Å²) in [5, 5.41) is 1.98. The van der Waals surface area contributed by atoms with Crippen molar-refractivity contribution >= 4 is 45.4 Å². The number of nitrogens with zero attached hydrogens (tertiary/aromatic N) is 1. The van der Waals surface area contributed by atoms with Gasteiger partial charge in [-0.3, -0.25) is 4.79 Å². The number of pyridine rings is 1. The summed E-state index contributed by atoms with van der Waals surface area (Å²) >= 11 is 1.15. The Morgan fingerprint density at radius 2 is 1.78 bits per heavy atom. The number of ether oxygens (including phenoxy) is 2. The molecule has 6 nitrogen and oxygen atoms in total. The number of thioether (sulfide) groups is 1.